The highest BCUT2D eigenvalue weighted by atomic mass is 79.9. The minimum atomic E-state index is -0.857. The Morgan fingerprint density at radius 3 is 2.80 bits per heavy atom. The molecule has 0 unspecified atom stereocenters. The number of carbonyl (C=O) groups excluding carboxylic acids is 2. The van der Waals surface area contributed by atoms with E-state index in [-0.39, 0.29) is 18.1 Å². The van der Waals surface area contributed by atoms with Gasteiger partial charge >= 0.3 is 5.97 Å². The fourth-order valence-corrected chi connectivity index (χ4v) is 3.36. The monoisotopic (exact) mass is 419 g/mol. The number of carbonyl (C=O) groups is 2. The molecule has 126 valence electrons. The van der Waals surface area contributed by atoms with E-state index in [1.807, 2.05) is 0 Å². The first kappa shape index (κ1) is 17.2. The predicted octanol–water partition coefficient (Wildman–Crippen LogP) is 3.57. The fraction of sp³-hybridized carbons (Fsp3) is 0.118. The molecule has 0 saturated carbocycles. The highest BCUT2D eigenvalue weighted by Crippen LogP contribution is 2.33. The van der Waals surface area contributed by atoms with Crippen LogP contribution in [0.5, 0.6) is 11.5 Å². The van der Waals surface area contributed by atoms with E-state index in [1.54, 1.807) is 36.4 Å². The van der Waals surface area contributed by atoms with E-state index in [9.17, 15) is 14.9 Å². The second-order valence-electron chi connectivity index (χ2n) is 4.89. The van der Waals surface area contributed by atoms with Gasteiger partial charge in [0.05, 0.1) is 8.66 Å². The van der Waals surface area contributed by atoms with Crippen molar-refractivity contribution in [1.82, 2.24) is 0 Å². The van der Waals surface area contributed by atoms with Crippen molar-refractivity contribution in [2.24, 2.45) is 0 Å². The molecule has 1 aromatic carbocycles. The Labute approximate surface area is 155 Å². The van der Waals surface area contributed by atoms with Gasteiger partial charge in [0.25, 0.3) is 0 Å². The number of hydrogen-bond acceptors (Lipinski definition) is 7. The molecule has 0 bridgehead atoms. The lowest BCUT2D eigenvalue weighted by molar-refractivity contribution is -0.137. The van der Waals surface area contributed by atoms with Gasteiger partial charge in [0.15, 0.2) is 18.1 Å². The molecule has 0 saturated heterocycles. The van der Waals surface area contributed by atoms with Crippen molar-refractivity contribution in [3.63, 3.8) is 0 Å². The first-order chi connectivity index (χ1) is 12.1. The molecule has 25 heavy (non-hydrogen) atoms. The molecule has 0 N–H and O–H groups in total. The van der Waals surface area contributed by atoms with Gasteiger partial charge in [-0.05, 0) is 51.8 Å². The highest BCUT2D eigenvalue weighted by Gasteiger charge is 2.17. The molecule has 2 aromatic rings. The fourth-order valence-electron chi connectivity index (χ4n) is 2.05. The predicted molar refractivity (Wildman–Crippen MR) is 93.5 cm³/mol. The van der Waals surface area contributed by atoms with Gasteiger partial charge in [-0.3, -0.25) is 4.79 Å². The standard InChI is InChI=1S/C17H10BrNO5S/c18-16-4-3-15(25-16)12(20)8-22-17(21)11(7-19)5-10-1-2-13-14(6-10)24-9-23-13/h1-6H,8-9H2/b11-5+. The van der Waals surface area contributed by atoms with Gasteiger partial charge in [0.2, 0.25) is 12.6 Å². The Bertz CT molecular complexity index is 912. The van der Waals surface area contributed by atoms with Gasteiger partial charge in [0.1, 0.15) is 11.6 Å². The smallest absolute Gasteiger partial charge is 0.349 e. The number of rotatable bonds is 5. The zero-order chi connectivity index (χ0) is 17.8. The number of ketones is 1. The van der Waals surface area contributed by atoms with Crippen LogP contribution in [0.4, 0.5) is 0 Å². The SMILES string of the molecule is N#C/C(=C\c1ccc2c(c1)OCO2)C(=O)OCC(=O)c1ccc(Br)s1. The summed E-state index contributed by atoms with van der Waals surface area (Å²) in [6.45, 7) is -0.289. The number of Topliss-reactive ketones (excluding diaryl/α,β-unsaturated/α-hetero) is 1. The first-order valence-corrected chi connectivity index (χ1v) is 8.65. The Balaban J connectivity index is 1.67. The number of nitriles is 1. The van der Waals surface area contributed by atoms with Crippen LogP contribution in [0.3, 0.4) is 0 Å². The molecule has 1 aromatic heterocycles. The summed E-state index contributed by atoms with van der Waals surface area (Å²) in [5.74, 6) is -0.0441. The topological polar surface area (TPSA) is 85.6 Å². The molecular formula is C17H10BrNO5S. The molecule has 0 amide bonds. The average molecular weight is 420 g/mol. The average Bonchev–Trinajstić information content (AvgIpc) is 3.25. The van der Waals surface area contributed by atoms with Gasteiger partial charge in [-0.2, -0.15) is 5.26 Å². The van der Waals surface area contributed by atoms with Crippen LogP contribution >= 0.6 is 27.3 Å². The van der Waals surface area contributed by atoms with E-state index >= 15 is 0 Å². The third kappa shape index (κ3) is 4.07. The van der Waals surface area contributed by atoms with Gasteiger partial charge in [-0.25, -0.2) is 4.79 Å². The van der Waals surface area contributed by atoms with E-state index < -0.39 is 12.6 Å². The molecule has 2 heterocycles. The zero-order valence-electron chi connectivity index (χ0n) is 12.7. The van der Waals surface area contributed by atoms with Crippen LogP contribution in [0, 0.1) is 11.3 Å². The number of thiophene rings is 1. The number of esters is 1. The van der Waals surface area contributed by atoms with Gasteiger partial charge in [-0.1, -0.05) is 6.07 Å². The molecule has 0 atom stereocenters. The number of nitrogens with zero attached hydrogens (tertiary/aromatic N) is 1. The Morgan fingerprint density at radius 2 is 2.08 bits per heavy atom. The van der Waals surface area contributed by atoms with Crippen molar-refractivity contribution in [1.29, 1.82) is 5.26 Å². The van der Waals surface area contributed by atoms with E-state index in [0.29, 0.717) is 21.9 Å². The van der Waals surface area contributed by atoms with Crippen LogP contribution in [-0.2, 0) is 9.53 Å². The number of halogens is 1. The number of hydrogen-bond donors (Lipinski definition) is 0. The van der Waals surface area contributed by atoms with Crippen LogP contribution in [0.2, 0.25) is 0 Å². The zero-order valence-corrected chi connectivity index (χ0v) is 15.1. The molecule has 6 nitrogen and oxygen atoms in total. The lowest BCUT2D eigenvalue weighted by Gasteiger charge is -2.03. The highest BCUT2D eigenvalue weighted by molar-refractivity contribution is 9.11. The summed E-state index contributed by atoms with van der Waals surface area (Å²) in [6, 6.07) is 10.2. The molecule has 0 radical (unpaired) electrons. The van der Waals surface area contributed by atoms with Crippen LogP contribution < -0.4 is 9.47 Å². The maximum Gasteiger partial charge on any atom is 0.349 e. The van der Waals surface area contributed by atoms with Gasteiger partial charge < -0.3 is 14.2 Å². The van der Waals surface area contributed by atoms with Crippen LogP contribution in [0.15, 0.2) is 39.7 Å². The van der Waals surface area contributed by atoms with Crippen molar-refractivity contribution in [3.8, 4) is 17.6 Å². The molecule has 1 aliphatic rings. The van der Waals surface area contributed by atoms with Crippen molar-refractivity contribution < 1.29 is 23.8 Å². The second kappa shape index (κ2) is 7.51. The molecule has 0 aliphatic carbocycles. The number of ether oxygens (including phenoxy) is 3. The van der Waals surface area contributed by atoms with Crippen molar-refractivity contribution in [2.75, 3.05) is 13.4 Å². The van der Waals surface area contributed by atoms with E-state index in [2.05, 4.69) is 15.9 Å². The minimum Gasteiger partial charge on any atom is -0.454 e. The summed E-state index contributed by atoms with van der Waals surface area (Å²) in [4.78, 5) is 24.4. The van der Waals surface area contributed by atoms with Crippen molar-refractivity contribution in [2.45, 2.75) is 0 Å². The lowest BCUT2D eigenvalue weighted by atomic mass is 10.1. The largest absolute Gasteiger partial charge is 0.454 e. The summed E-state index contributed by atoms with van der Waals surface area (Å²) >= 11 is 4.51. The molecule has 1 aliphatic heterocycles. The maximum absolute atomic E-state index is 12.0. The number of fused-ring (bicyclic) bond motifs is 1. The Hall–Kier alpha value is -2.63. The molecule has 0 fully saturated rings. The molecular weight excluding hydrogens is 410 g/mol. The van der Waals surface area contributed by atoms with Crippen LogP contribution in [-0.4, -0.2) is 25.2 Å². The second-order valence-corrected chi connectivity index (χ2v) is 7.35. The Kier molecular flexibility index (Phi) is 5.16. The third-order valence-electron chi connectivity index (χ3n) is 3.23. The Morgan fingerprint density at radius 1 is 1.28 bits per heavy atom. The van der Waals surface area contributed by atoms with E-state index in [4.69, 9.17) is 14.2 Å². The van der Waals surface area contributed by atoms with Gasteiger partial charge in [0, 0.05) is 0 Å². The van der Waals surface area contributed by atoms with Crippen LogP contribution in [0.25, 0.3) is 6.08 Å². The van der Waals surface area contributed by atoms with Crippen LogP contribution in [0.1, 0.15) is 15.2 Å². The van der Waals surface area contributed by atoms with E-state index in [0.717, 1.165) is 3.79 Å². The maximum atomic E-state index is 12.0. The number of benzene rings is 1. The summed E-state index contributed by atoms with van der Waals surface area (Å²) in [5, 5.41) is 9.17. The third-order valence-corrected chi connectivity index (χ3v) is 4.90. The van der Waals surface area contributed by atoms with Gasteiger partial charge in [-0.15, -0.1) is 11.3 Å². The summed E-state index contributed by atoms with van der Waals surface area (Å²) in [6.07, 6.45) is 1.37. The van der Waals surface area contributed by atoms with Crippen molar-refractivity contribution >= 4 is 45.1 Å². The summed E-state index contributed by atoms with van der Waals surface area (Å²) in [7, 11) is 0. The minimum absolute atomic E-state index is 0.136. The molecule has 3 rings (SSSR count). The normalized spacial score (nSPS) is 12.6. The molecule has 0 spiro atoms. The lowest BCUT2D eigenvalue weighted by Crippen LogP contribution is -2.14. The summed E-state index contributed by atoms with van der Waals surface area (Å²) < 4.78 is 16.2. The van der Waals surface area contributed by atoms with E-state index in [1.165, 1.54) is 17.4 Å². The first-order valence-electron chi connectivity index (χ1n) is 7.04. The summed E-state index contributed by atoms with van der Waals surface area (Å²) in [5.41, 5.74) is 0.380. The molecule has 8 heteroatoms. The quantitative estimate of drug-likeness (QED) is 0.318. The van der Waals surface area contributed by atoms with Crippen molar-refractivity contribution in [3.05, 3.63) is 50.1 Å².